The van der Waals surface area contributed by atoms with Crippen LogP contribution in [0.25, 0.3) is 0 Å². The van der Waals surface area contributed by atoms with Gasteiger partial charge in [-0.1, -0.05) is 29.8 Å². The number of benzene rings is 2. The van der Waals surface area contributed by atoms with Crippen molar-refractivity contribution >= 4 is 23.3 Å². The molecule has 0 aromatic heterocycles. The molecular formula is C26H34ClN5O2. The molecule has 0 radical (unpaired) electrons. The van der Waals surface area contributed by atoms with E-state index >= 15 is 0 Å². The largest absolute Gasteiger partial charge is 0.494 e. The van der Waals surface area contributed by atoms with Crippen molar-refractivity contribution in [3.63, 3.8) is 0 Å². The van der Waals surface area contributed by atoms with Crippen LogP contribution in [0.1, 0.15) is 30.0 Å². The highest BCUT2D eigenvalue weighted by molar-refractivity contribution is 6.30. The fraction of sp³-hybridized carbons (Fsp3) is 0.462. The first-order chi connectivity index (χ1) is 16.4. The van der Waals surface area contributed by atoms with E-state index in [-0.39, 0.29) is 12.1 Å². The lowest BCUT2D eigenvalue weighted by molar-refractivity contribution is 0.145. The molecule has 1 unspecified atom stereocenters. The van der Waals surface area contributed by atoms with E-state index in [9.17, 15) is 4.79 Å². The Morgan fingerprint density at radius 3 is 2.59 bits per heavy atom. The predicted octanol–water partition coefficient (Wildman–Crippen LogP) is 3.69. The van der Waals surface area contributed by atoms with E-state index in [4.69, 9.17) is 21.4 Å². The fourth-order valence-corrected chi connectivity index (χ4v) is 4.57. The van der Waals surface area contributed by atoms with Gasteiger partial charge in [-0.25, -0.2) is 9.80 Å². The number of halogens is 1. The molecule has 1 atom stereocenters. The smallest absolute Gasteiger partial charge is 0.337 e. The Morgan fingerprint density at radius 1 is 1.15 bits per heavy atom. The second-order valence-corrected chi connectivity index (χ2v) is 9.51. The molecule has 0 spiro atoms. The minimum absolute atomic E-state index is 0.0844. The highest BCUT2D eigenvalue weighted by Crippen LogP contribution is 2.28. The Bertz CT molecular complexity index is 1020. The lowest BCUT2D eigenvalue weighted by Gasteiger charge is -2.32. The van der Waals surface area contributed by atoms with Crippen molar-refractivity contribution in [1.82, 2.24) is 20.1 Å². The average molecular weight is 484 g/mol. The van der Waals surface area contributed by atoms with Gasteiger partial charge in [0.2, 0.25) is 0 Å². The zero-order chi connectivity index (χ0) is 24.1. The molecule has 2 heterocycles. The number of hydrogen-bond donors (Lipinski definition) is 1. The van der Waals surface area contributed by atoms with Gasteiger partial charge in [-0.3, -0.25) is 0 Å². The van der Waals surface area contributed by atoms with Crippen LogP contribution in [0.3, 0.4) is 0 Å². The molecule has 2 aromatic rings. The molecule has 34 heavy (non-hydrogen) atoms. The third-order valence-corrected chi connectivity index (χ3v) is 6.75. The summed E-state index contributed by atoms with van der Waals surface area (Å²) in [7, 11) is 3.80. The molecule has 8 heteroatoms. The van der Waals surface area contributed by atoms with Gasteiger partial charge in [-0.15, -0.1) is 0 Å². The van der Waals surface area contributed by atoms with Gasteiger partial charge in [-0.2, -0.15) is 5.10 Å². The van der Waals surface area contributed by atoms with Crippen LogP contribution in [0, 0.1) is 0 Å². The van der Waals surface area contributed by atoms with E-state index in [1.165, 1.54) is 5.01 Å². The van der Waals surface area contributed by atoms with E-state index < -0.39 is 0 Å². The van der Waals surface area contributed by atoms with Gasteiger partial charge in [0, 0.05) is 55.9 Å². The first-order valence-corrected chi connectivity index (χ1v) is 12.3. The quantitative estimate of drug-likeness (QED) is 0.636. The second kappa shape index (κ2) is 11.2. The van der Waals surface area contributed by atoms with Crippen LogP contribution in [0.15, 0.2) is 47.6 Å². The lowest BCUT2D eigenvalue weighted by Crippen LogP contribution is -2.44. The standard InChI is InChI=1S/C26H34ClN5O2/c1-19-17-21-7-10-23(34-16-4-11-31-14-12-30(3)13-15-31)18-24(21)25(29-32(19)26(33)28-2)20-5-8-22(27)9-6-20/h5-10,18-19H,4,11-17H2,1-3H3,(H,28,33). The van der Waals surface area contributed by atoms with E-state index in [1.54, 1.807) is 7.05 Å². The number of rotatable bonds is 6. The summed E-state index contributed by atoms with van der Waals surface area (Å²) in [6.07, 6.45) is 1.69. The number of urea groups is 1. The van der Waals surface area contributed by atoms with Gasteiger partial charge in [0.15, 0.2) is 0 Å². The summed E-state index contributed by atoms with van der Waals surface area (Å²) in [4.78, 5) is 17.4. The Labute approximate surface area is 207 Å². The first kappa shape index (κ1) is 24.5. The Kier molecular flexibility index (Phi) is 8.08. The molecule has 7 nitrogen and oxygen atoms in total. The van der Waals surface area contributed by atoms with Crippen LogP contribution in [-0.4, -0.2) is 86.0 Å². The van der Waals surface area contributed by atoms with Crippen molar-refractivity contribution in [1.29, 1.82) is 0 Å². The molecule has 182 valence electrons. The number of likely N-dealkylation sites (N-methyl/N-ethyl adjacent to an activating group) is 1. The third-order valence-electron chi connectivity index (χ3n) is 6.50. The van der Waals surface area contributed by atoms with Crippen molar-refractivity contribution in [3.05, 3.63) is 64.2 Å². The van der Waals surface area contributed by atoms with Crippen LogP contribution in [0.4, 0.5) is 4.79 Å². The number of fused-ring (bicyclic) bond motifs is 1. The van der Waals surface area contributed by atoms with Gasteiger partial charge in [-0.05, 0) is 56.6 Å². The van der Waals surface area contributed by atoms with Gasteiger partial charge in [0.25, 0.3) is 0 Å². The number of carbonyl (C=O) groups is 1. The molecule has 2 amide bonds. The van der Waals surface area contributed by atoms with Gasteiger partial charge < -0.3 is 19.9 Å². The van der Waals surface area contributed by atoms with E-state index in [0.717, 1.165) is 67.3 Å². The number of nitrogens with zero attached hydrogens (tertiary/aromatic N) is 4. The molecule has 2 aromatic carbocycles. The topological polar surface area (TPSA) is 60.4 Å². The maximum absolute atomic E-state index is 12.6. The molecule has 0 aliphatic carbocycles. The second-order valence-electron chi connectivity index (χ2n) is 9.07. The summed E-state index contributed by atoms with van der Waals surface area (Å²) < 4.78 is 6.14. The summed E-state index contributed by atoms with van der Waals surface area (Å²) in [6.45, 7) is 8.23. The molecule has 4 rings (SSSR count). The normalized spacial score (nSPS) is 19.2. The zero-order valence-electron chi connectivity index (χ0n) is 20.3. The van der Waals surface area contributed by atoms with Crippen LogP contribution in [0.5, 0.6) is 5.75 Å². The van der Waals surface area contributed by atoms with Gasteiger partial charge in [0.1, 0.15) is 5.75 Å². The molecule has 2 aliphatic rings. The molecule has 1 N–H and O–H groups in total. The van der Waals surface area contributed by atoms with Gasteiger partial charge >= 0.3 is 6.03 Å². The maximum atomic E-state index is 12.6. The highest BCUT2D eigenvalue weighted by Gasteiger charge is 2.27. The number of nitrogens with one attached hydrogen (secondary N) is 1. The molecule has 0 saturated carbocycles. The number of hydrogen-bond acceptors (Lipinski definition) is 5. The lowest BCUT2D eigenvalue weighted by atomic mass is 9.94. The van der Waals surface area contributed by atoms with Crippen molar-refractivity contribution in [2.45, 2.75) is 25.8 Å². The van der Waals surface area contributed by atoms with Crippen molar-refractivity contribution in [2.75, 3.05) is 53.4 Å². The minimum atomic E-state index is -0.229. The van der Waals surface area contributed by atoms with Crippen molar-refractivity contribution in [3.8, 4) is 5.75 Å². The van der Waals surface area contributed by atoms with Crippen LogP contribution >= 0.6 is 11.6 Å². The molecule has 0 bridgehead atoms. The molecule has 1 fully saturated rings. The van der Waals surface area contributed by atoms with Gasteiger partial charge in [0.05, 0.1) is 18.4 Å². The number of carbonyl (C=O) groups excluding carboxylic acids is 1. The summed E-state index contributed by atoms with van der Waals surface area (Å²) in [5.74, 6) is 0.819. The molecule has 1 saturated heterocycles. The zero-order valence-corrected chi connectivity index (χ0v) is 21.0. The van der Waals surface area contributed by atoms with E-state index in [0.29, 0.717) is 18.1 Å². The van der Waals surface area contributed by atoms with E-state index in [2.05, 4.69) is 34.3 Å². The number of ether oxygens (including phenoxy) is 1. The summed E-state index contributed by atoms with van der Waals surface area (Å²) in [5, 5.41) is 9.69. The number of amides is 2. The van der Waals surface area contributed by atoms with Crippen LogP contribution in [-0.2, 0) is 6.42 Å². The van der Waals surface area contributed by atoms with Crippen LogP contribution < -0.4 is 10.1 Å². The fourth-order valence-electron chi connectivity index (χ4n) is 4.44. The minimum Gasteiger partial charge on any atom is -0.494 e. The summed E-state index contributed by atoms with van der Waals surface area (Å²) >= 11 is 6.13. The number of hydrazone groups is 1. The van der Waals surface area contributed by atoms with Crippen molar-refractivity contribution in [2.24, 2.45) is 5.10 Å². The average Bonchev–Trinajstić information content (AvgIpc) is 2.99. The monoisotopic (exact) mass is 483 g/mol. The molecule has 2 aliphatic heterocycles. The predicted molar refractivity (Wildman–Crippen MR) is 137 cm³/mol. The van der Waals surface area contributed by atoms with Crippen LogP contribution in [0.2, 0.25) is 5.02 Å². The SMILES string of the molecule is CNC(=O)N1N=C(c2ccc(Cl)cc2)c2cc(OCCCN3CCN(C)CC3)ccc2CC1C. The Morgan fingerprint density at radius 2 is 1.88 bits per heavy atom. The maximum Gasteiger partial charge on any atom is 0.337 e. The summed E-state index contributed by atoms with van der Waals surface area (Å²) in [6, 6.07) is 13.4. The van der Waals surface area contributed by atoms with E-state index in [1.807, 2.05) is 37.3 Å². The Balaban J connectivity index is 1.53. The first-order valence-electron chi connectivity index (χ1n) is 12.0. The Hall–Kier alpha value is -2.61. The third kappa shape index (κ3) is 5.90. The highest BCUT2D eigenvalue weighted by atomic mass is 35.5. The van der Waals surface area contributed by atoms with Crippen molar-refractivity contribution < 1.29 is 9.53 Å². The summed E-state index contributed by atoms with van der Waals surface area (Å²) in [5.41, 5.74) is 3.76. The molecular weight excluding hydrogens is 450 g/mol. The number of piperazine rings is 1.